The van der Waals surface area contributed by atoms with Crippen LogP contribution in [0.1, 0.15) is 82.6 Å². The highest BCUT2D eigenvalue weighted by Gasteiger charge is 2.35. The number of unbranched alkanes of at least 4 members (excludes halogenated alkanes) is 9. The lowest BCUT2D eigenvalue weighted by Crippen LogP contribution is -2.44. The molecule has 0 bridgehead atoms. The van der Waals surface area contributed by atoms with Gasteiger partial charge in [0.2, 0.25) is 0 Å². The van der Waals surface area contributed by atoms with Crippen LogP contribution in [0.2, 0.25) is 0 Å². The summed E-state index contributed by atoms with van der Waals surface area (Å²) >= 11 is 1.25. The molecule has 2 aromatic carbocycles. The molecule has 1 atom stereocenters. The quantitative estimate of drug-likeness (QED) is 0.147. The number of benzene rings is 2. The average molecular weight is 471 g/mol. The molecule has 0 amide bonds. The van der Waals surface area contributed by atoms with Crippen LogP contribution in [-0.2, 0) is 15.1 Å². The molecule has 0 radical (unpaired) electrons. The van der Waals surface area contributed by atoms with E-state index in [1.54, 1.807) is 12.1 Å². The van der Waals surface area contributed by atoms with Crippen LogP contribution in [0, 0.1) is 0 Å². The van der Waals surface area contributed by atoms with E-state index in [0.29, 0.717) is 24.1 Å². The van der Waals surface area contributed by atoms with Gasteiger partial charge in [0.15, 0.2) is 5.12 Å². The molecular weight excluding hydrogens is 432 g/mol. The number of hydrogen-bond donors (Lipinski definition) is 3. The molecule has 0 aliphatic heterocycles. The van der Waals surface area contributed by atoms with Crippen molar-refractivity contribution in [2.75, 3.05) is 5.73 Å². The van der Waals surface area contributed by atoms with E-state index in [4.69, 9.17) is 11.5 Å². The molecule has 0 heterocycles. The van der Waals surface area contributed by atoms with Crippen LogP contribution in [0.4, 0.5) is 5.69 Å². The third-order valence-corrected chi connectivity index (χ3v) is 7.04. The molecule has 5 N–H and O–H groups in total. The average Bonchev–Trinajstić information content (AvgIpc) is 2.81. The molecule has 0 spiro atoms. The number of nitrogen functional groups attached to an aromatic ring is 1. The number of carbonyl (C=O) groups excluding carboxylic acids is 1. The molecule has 0 aromatic heterocycles. The minimum absolute atomic E-state index is 0.185. The number of nitrogens with two attached hydrogens (primary N) is 2. The second kappa shape index (κ2) is 14.8. The first-order chi connectivity index (χ1) is 15.9. The summed E-state index contributed by atoms with van der Waals surface area (Å²) < 4.78 is 0. The van der Waals surface area contributed by atoms with Crippen LogP contribution in [0.25, 0.3) is 0 Å². The lowest BCUT2D eigenvalue weighted by atomic mass is 9.85. The molecule has 2 aromatic rings. The molecule has 2 rings (SSSR count). The number of thioether (sulfide) groups is 1. The van der Waals surface area contributed by atoms with Gasteiger partial charge in [-0.15, -0.1) is 0 Å². The van der Waals surface area contributed by atoms with Gasteiger partial charge in [-0.1, -0.05) is 100 Å². The van der Waals surface area contributed by atoms with Gasteiger partial charge in [-0.2, -0.15) is 0 Å². The van der Waals surface area contributed by atoms with E-state index in [-0.39, 0.29) is 5.12 Å². The van der Waals surface area contributed by atoms with E-state index >= 15 is 0 Å². The number of hydrogen-bond acceptors (Lipinski definition) is 5. The first kappa shape index (κ1) is 26.9. The van der Waals surface area contributed by atoms with Crippen LogP contribution in [0.3, 0.4) is 0 Å². The van der Waals surface area contributed by atoms with Crippen LogP contribution in [0.15, 0.2) is 59.5 Å². The van der Waals surface area contributed by atoms with Gasteiger partial charge in [0.25, 0.3) is 0 Å². The zero-order chi connectivity index (χ0) is 23.9. The normalized spacial score (nSPS) is 12.9. The van der Waals surface area contributed by atoms with Crippen molar-refractivity contribution < 1.29 is 14.7 Å². The van der Waals surface area contributed by atoms with Crippen molar-refractivity contribution in [2.45, 2.75) is 87.5 Å². The lowest BCUT2D eigenvalue weighted by molar-refractivity contribution is -0.144. The summed E-state index contributed by atoms with van der Waals surface area (Å²) in [4.78, 5) is 24.6. The predicted octanol–water partition coefficient (Wildman–Crippen LogP) is 6.51. The van der Waals surface area contributed by atoms with Crippen LogP contribution in [-0.4, -0.2) is 16.2 Å². The Balaban J connectivity index is 1.46. The Labute approximate surface area is 202 Å². The fourth-order valence-corrected chi connectivity index (χ4v) is 4.77. The first-order valence-corrected chi connectivity index (χ1v) is 12.9. The molecule has 33 heavy (non-hydrogen) atoms. The fourth-order valence-electron chi connectivity index (χ4n) is 3.94. The highest BCUT2D eigenvalue weighted by molar-refractivity contribution is 8.13. The number of anilines is 1. The second-order valence-corrected chi connectivity index (χ2v) is 9.79. The number of rotatable bonds is 16. The smallest absolute Gasteiger partial charge is 0.328 e. The van der Waals surface area contributed by atoms with Gasteiger partial charge in [-0.3, -0.25) is 4.79 Å². The number of carbonyl (C=O) groups is 2. The first-order valence-electron chi connectivity index (χ1n) is 12.1. The molecule has 0 aliphatic rings. The lowest BCUT2D eigenvalue weighted by Gasteiger charge is -2.25. The van der Waals surface area contributed by atoms with E-state index in [1.165, 1.54) is 37.4 Å². The third kappa shape index (κ3) is 9.60. The summed E-state index contributed by atoms with van der Waals surface area (Å²) in [6.45, 7) is 0. The predicted molar refractivity (Wildman–Crippen MR) is 137 cm³/mol. The van der Waals surface area contributed by atoms with Crippen LogP contribution < -0.4 is 11.5 Å². The minimum Gasteiger partial charge on any atom is -0.480 e. The van der Waals surface area contributed by atoms with Gasteiger partial charge in [-0.25, -0.2) is 4.79 Å². The Kier molecular flexibility index (Phi) is 12.0. The molecule has 6 heteroatoms. The van der Waals surface area contributed by atoms with Gasteiger partial charge >= 0.3 is 5.97 Å². The van der Waals surface area contributed by atoms with Crippen molar-refractivity contribution in [2.24, 2.45) is 5.73 Å². The van der Waals surface area contributed by atoms with Crippen LogP contribution in [0.5, 0.6) is 0 Å². The van der Waals surface area contributed by atoms with Gasteiger partial charge in [-0.05, 0) is 42.3 Å². The largest absolute Gasteiger partial charge is 0.480 e. The topological polar surface area (TPSA) is 106 Å². The van der Waals surface area contributed by atoms with Gasteiger partial charge in [0.05, 0.1) is 0 Å². The molecule has 0 saturated carbocycles. The summed E-state index contributed by atoms with van der Waals surface area (Å²) in [7, 11) is 0. The van der Waals surface area contributed by atoms with Crippen molar-refractivity contribution in [1.29, 1.82) is 0 Å². The maximum Gasteiger partial charge on any atom is 0.328 e. The Morgan fingerprint density at radius 1 is 0.758 bits per heavy atom. The van der Waals surface area contributed by atoms with Gasteiger partial charge in [0.1, 0.15) is 5.54 Å². The van der Waals surface area contributed by atoms with E-state index < -0.39 is 11.5 Å². The van der Waals surface area contributed by atoms with E-state index in [1.807, 2.05) is 42.5 Å². The van der Waals surface area contributed by atoms with Crippen molar-refractivity contribution in [3.63, 3.8) is 0 Å². The maximum atomic E-state index is 12.1. The number of para-hydroxylation sites is 1. The zero-order valence-corrected chi connectivity index (χ0v) is 20.3. The molecule has 0 saturated heterocycles. The maximum absolute atomic E-state index is 12.1. The third-order valence-electron chi connectivity index (χ3n) is 6.02. The summed E-state index contributed by atoms with van der Waals surface area (Å²) in [5.41, 5.74) is 12.1. The molecule has 0 aliphatic carbocycles. The Bertz CT molecular complexity index is 859. The number of carboxylic acids is 1. The van der Waals surface area contributed by atoms with Crippen molar-refractivity contribution in [3.05, 3.63) is 60.2 Å². The minimum atomic E-state index is -1.30. The SMILES string of the molecule is Nc1ccccc1SC(=O)CCCCCCCCCCCCC(N)(C(=O)O)c1ccccc1. The van der Waals surface area contributed by atoms with Gasteiger partial charge in [0, 0.05) is 17.0 Å². The molecule has 5 nitrogen and oxygen atoms in total. The summed E-state index contributed by atoms with van der Waals surface area (Å²) in [6, 6.07) is 16.6. The summed E-state index contributed by atoms with van der Waals surface area (Å²) in [5.74, 6) is -0.960. The van der Waals surface area contributed by atoms with Crippen molar-refractivity contribution in [1.82, 2.24) is 0 Å². The van der Waals surface area contributed by atoms with E-state index in [2.05, 4.69) is 0 Å². The van der Waals surface area contributed by atoms with E-state index in [9.17, 15) is 14.7 Å². The van der Waals surface area contributed by atoms with Crippen molar-refractivity contribution >= 4 is 28.5 Å². The van der Waals surface area contributed by atoms with E-state index in [0.717, 1.165) is 43.4 Å². The summed E-state index contributed by atoms with van der Waals surface area (Å²) in [5, 5.41) is 9.79. The second-order valence-electron chi connectivity index (χ2n) is 8.69. The fraction of sp³-hybridized carbons (Fsp3) is 0.481. The standard InChI is InChI=1S/C27H38N2O3S/c28-23-18-13-14-19-24(23)33-25(30)20-12-7-5-3-1-2-4-6-8-15-21-27(29,26(31)32)22-16-10-9-11-17-22/h9-11,13-14,16-19H,1-8,12,15,20-21,28-29H2,(H,31,32). The summed E-state index contributed by atoms with van der Waals surface area (Å²) in [6.07, 6.45) is 12.0. The Morgan fingerprint density at radius 2 is 1.27 bits per heavy atom. The van der Waals surface area contributed by atoms with Gasteiger partial charge < -0.3 is 16.6 Å². The highest BCUT2D eigenvalue weighted by Crippen LogP contribution is 2.27. The Morgan fingerprint density at radius 3 is 1.85 bits per heavy atom. The monoisotopic (exact) mass is 470 g/mol. The molecule has 0 fully saturated rings. The molecular formula is C27H38N2O3S. The number of carboxylic acid groups (broad SMARTS) is 1. The Hall–Kier alpha value is -2.31. The zero-order valence-electron chi connectivity index (χ0n) is 19.5. The van der Waals surface area contributed by atoms with Crippen LogP contribution >= 0.6 is 11.8 Å². The molecule has 180 valence electrons. The molecule has 1 unspecified atom stereocenters. The van der Waals surface area contributed by atoms with Crippen molar-refractivity contribution in [3.8, 4) is 0 Å². The number of aliphatic carboxylic acids is 1. The highest BCUT2D eigenvalue weighted by atomic mass is 32.2.